The number of carbonyl (C=O) groups excluding carboxylic acids is 1. The lowest BCUT2D eigenvalue weighted by Gasteiger charge is -2.28. The van der Waals surface area contributed by atoms with Crippen molar-refractivity contribution < 1.29 is 9.53 Å². The maximum absolute atomic E-state index is 12.3. The highest BCUT2D eigenvalue weighted by molar-refractivity contribution is 6.08. The second-order valence-electron chi connectivity index (χ2n) is 4.63. The first kappa shape index (κ1) is 11.4. The van der Waals surface area contributed by atoms with E-state index in [0.717, 1.165) is 30.0 Å². The molecule has 1 unspecified atom stereocenters. The molecule has 1 N–H and O–H groups in total. The summed E-state index contributed by atoms with van der Waals surface area (Å²) in [4.78, 5) is 14.0. The highest BCUT2D eigenvalue weighted by atomic mass is 16.5. The van der Waals surface area contributed by atoms with Crippen molar-refractivity contribution in [3.8, 4) is 0 Å². The fraction of sp³-hybridized carbons (Fsp3) is 0.357. The second-order valence-corrected chi connectivity index (χ2v) is 4.63. The Labute approximate surface area is 106 Å². The molecule has 94 valence electrons. The summed E-state index contributed by atoms with van der Waals surface area (Å²) >= 11 is 0. The van der Waals surface area contributed by atoms with Crippen LogP contribution in [0.4, 0.5) is 0 Å². The first-order valence-electron chi connectivity index (χ1n) is 6.18. The third-order valence-corrected chi connectivity index (χ3v) is 3.44. The summed E-state index contributed by atoms with van der Waals surface area (Å²) in [5, 5.41) is 3.35. The standard InChI is InChI=1S/C14H16N2O2/c1-10-12-4-2-3-5-13(12)14(17)16(10)8-11-9-18-7-6-15-11/h2-5,11,15H,1,6-9H2. The number of carbonyl (C=O) groups is 1. The van der Waals surface area contributed by atoms with Gasteiger partial charge in [-0.05, 0) is 6.07 Å². The maximum Gasteiger partial charge on any atom is 0.259 e. The van der Waals surface area contributed by atoms with Gasteiger partial charge in [-0.2, -0.15) is 0 Å². The zero-order valence-electron chi connectivity index (χ0n) is 10.2. The number of fused-ring (bicyclic) bond motifs is 1. The van der Waals surface area contributed by atoms with Gasteiger partial charge in [0.05, 0.1) is 13.2 Å². The quantitative estimate of drug-likeness (QED) is 0.847. The predicted octanol–water partition coefficient (Wildman–Crippen LogP) is 1.10. The zero-order valence-corrected chi connectivity index (χ0v) is 10.2. The number of rotatable bonds is 2. The van der Waals surface area contributed by atoms with Crippen LogP contribution in [-0.4, -0.2) is 43.2 Å². The molecule has 1 fully saturated rings. The molecular formula is C14H16N2O2. The SMILES string of the molecule is C=C1c2ccccc2C(=O)N1CC1COCCN1. The summed E-state index contributed by atoms with van der Waals surface area (Å²) in [6.45, 7) is 6.87. The lowest BCUT2D eigenvalue weighted by Crippen LogP contribution is -2.48. The number of hydrogen-bond donors (Lipinski definition) is 1. The number of amides is 1. The maximum atomic E-state index is 12.3. The van der Waals surface area contributed by atoms with Gasteiger partial charge < -0.3 is 15.0 Å². The van der Waals surface area contributed by atoms with E-state index in [-0.39, 0.29) is 11.9 Å². The molecule has 4 heteroatoms. The van der Waals surface area contributed by atoms with Crippen molar-refractivity contribution in [2.75, 3.05) is 26.3 Å². The normalized spacial score (nSPS) is 23.3. The van der Waals surface area contributed by atoms with Crippen molar-refractivity contribution in [1.82, 2.24) is 10.2 Å². The van der Waals surface area contributed by atoms with Gasteiger partial charge in [-0.1, -0.05) is 24.8 Å². The molecule has 0 aromatic heterocycles. The monoisotopic (exact) mass is 244 g/mol. The van der Waals surface area contributed by atoms with Crippen molar-refractivity contribution in [2.45, 2.75) is 6.04 Å². The summed E-state index contributed by atoms with van der Waals surface area (Å²) in [5.74, 6) is 0.0444. The minimum atomic E-state index is 0.0444. The van der Waals surface area contributed by atoms with E-state index in [1.165, 1.54) is 0 Å². The van der Waals surface area contributed by atoms with Gasteiger partial charge in [-0.25, -0.2) is 0 Å². The molecule has 2 heterocycles. The minimum Gasteiger partial charge on any atom is -0.378 e. The van der Waals surface area contributed by atoms with Crippen LogP contribution >= 0.6 is 0 Å². The number of morpholine rings is 1. The molecule has 0 radical (unpaired) electrons. The van der Waals surface area contributed by atoms with E-state index in [0.29, 0.717) is 13.2 Å². The fourth-order valence-corrected chi connectivity index (χ4v) is 2.49. The van der Waals surface area contributed by atoms with Gasteiger partial charge in [0.25, 0.3) is 5.91 Å². The Bertz CT molecular complexity index is 457. The molecule has 0 bridgehead atoms. The van der Waals surface area contributed by atoms with Gasteiger partial charge in [0.15, 0.2) is 0 Å². The van der Waals surface area contributed by atoms with Crippen LogP contribution in [0.15, 0.2) is 30.8 Å². The number of nitrogens with one attached hydrogen (secondary N) is 1. The lowest BCUT2D eigenvalue weighted by molar-refractivity contribution is 0.0620. The number of ether oxygens (including phenoxy) is 1. The first-order valence-corrected chi connectivity index (χ1v) is 6.18. The van der Waals surface area contributed by atoms with Crippen LogP contribution in [0.1, 0.15) is 15.9 Å². The smallest absolute Gasteiger partial charge is 0.259 e. The van der Waals surface area contributed by atoms with Gasteiger partial charge in [-0.15, -0.1) is 0 Å². The summed E-state index contributed by atoms with van der Waals surface area (Å²) < 4.78 is 5.41. The fourth-order valence-electron chi connectivity index (χ4n) is 2.49. The van der Waals surface area contributed by atoms with E-state index < -0.39 is 0 Å². The molecule has 1 amide bonds. The molecular weight excluding hydrogens is 228 g/mol. The van der Waals surface area contributed by atoms with Crippen LogP contribution in [-0.2, 0) is 4.74 Å². The van der Waals surface area contributed by atoms with Crippen LogP contribution in [0.3, 0.4) is 0 Å². The molecule has 1 aromatic rings. The number of benzene rings is 1. The summed E-state index contributed by atoms with van der Waals surface area (Å²) in [6.07, 6.45) is 0. The molecule has 0 spiro atoms. The topological polar surface area (TPSA) is 41.6 Å². The Balaban J connectivity index is 1.79. The van der Waals surface area contributed by atoms with Crippen LogP contribution < -0.4 is 5.32 Å². The summed E-state index contributed by atoms with van der Waals surface area (Å²) in [6, 6.07) is 7.81. The largest absolute Gasteiger partial charge is 0.378 e. The zero-order chi connectivity index (χ0) is 12.5. The minimum absolute atomic E-state index is 0.0444. The van der Waals surface area contributed by atoms with Crippen molar-refractivity contribution in [3.05, 3.63) is 42.0 Å². The molecule has 0 saturated carbocycles. The van der Waals surface area contributed by atoms with Crippen LogP contribution in [0, 0.1) is 0 Å². The predicted molar refractivity (Wildman–Crippen MR) is 69.1 cm³/mol. The Kier molecular flexibility index (Phi) is 2.89. The van der Waals surface area contributed by atoms with Crippen molar-refractivity contribution in [3.63, 3.8) is 0 Å². The van der Waals surface area contributed by atoms with Crippen molar-refractivity contribution in [1.29, 1.82) is 0 Å². The van der Waals surface area contributed by atoms with E-state index >= 15 is 0 Å². The first-order chi connectivity index (χ1) is 8.77. The van der Waals surface area contributed by atoms with Gasteiger partial charge in [0.2, 0.25) is 0 Å². The summed E-state index contributed by atoms with van der Waals surface area (Å²) in [7, 11) is 0. The Morgan fingerprint density at radius 3 is 2.83 bits per heavy atom. The molecule has 3 rings (SSSR count). The Morgan fingerprint density at radius 2 is 2.17 bits per heavy atom. The Morgan fingerprint density at radius 1 is 1.39 bits per heavy atom. The molecule has 2 aliphatic rings. The molecule has 4 nitrogen and oxygen atoms in total. The van der Waals surface area contributed by atoms with Crippen molar-refractivity contribution in [2.24, 2.45) is 0 Å². The lowest BCUT2D eigenvalue weighted by atomic mass is 10.1. The van der Waals surface area contributed by atoms with Crippen LogP contribution in [0.25, 0.3) is 5.70 Å². The average molecular weight is 244 g/mol. The molecule has 1 atom stereocenters. The number of nitrogens with zero attached hydrogens (tertiary/aromatic N) is 1. The molecule has 0 aliphatic carbocycles. The van der Waals surface area contributed by atoms with E-state index in [1.54, 1.807) is 4.90 Å². The van der Waals surface area contributed by atoms with E-state index in [4.69, 9.17) is 4.74 Å². The molecule has 18 heavy (non-hydrogen) atoms. The highest BCUT2D eigenvalue weighted by Crippen LogP contribution is 2.31. The van der Waals surface area contributed by atoms with Gasteiger partial charge >= 0.3 is 0 Å². The molecule has 1 saturated heterocycles. The van der Waals surface area contributed by atoms with Crippen LogP contribution in [0.5, 0.6) is 0 Å². The van der Waals surface area contributed by atoms with Gasteiger partial charge in [0, 0.05) is 36.0 Å². The summed E-state index contributed by atoms with van der Waals surface area (Å²) in [5.41, 5.74) is 2.49. The highest BCUT2D eigenvalue weighted by Gasteiger charge is 2.32. The second kappa shape index (κ2) is 4.55. The molecule has 1 aromatic carbocycles. The van der Waals surface area contributed by atoms with Gasteiger partial charge in [0.1, 0.15) is 0 Å². The van der Waals surface area contributed by atoms with Crippen molar-refractivity contribution >= 4 is 11.6 Å². The third kappa shape index (κ3) is 1.83. The number of hydrogen-bond acceptors (Lipinski definition) is 3. The third-order valence-electron chi connectivity index (χ3n) is 3.44. The van der Waals surface area contributed by atoms with Gasteiger partial charge in [-0.3, -0.25) is 4.79 Å². The average Bonchev–Trinajstić information content (AvgIpc) is 2.66. The van der Waals surface area contributed by atoms with Crippen LogP contribution in [0.2, 0.25) is 0 Å². The van der Waals surface area contributed by atoms with E-state index in [9.17, 15) is 4.79 Å². The van der Waals surface area contributed by atoms with E-state index in [2.05, 4.69) is 11.9 Å². The Hall–Kier alpha value is -1.65. The molecule has 2 aliphatic heterocycles. The van der Waals surface area contributed by atoms with E-state index in [1.807, 2.05) is 24.3 Å².